The molecule has 0 amide bonds. The fourth-order valence-corrected chi connectivity index (χ4v) is 4.88. The van der Waals surface area contributed by atoms with Crippen LogP contribution in [0.1, 0.15) is 21.8 Å². The summed E-state index contributed by atoms with van der Waals surface area (Å²) >= 11 is 12.3. The van der Waals surface area contributed by atoms with Gasteiger partial charge in [0.15, 0.2) is 12.0 Å². The van der Waals surface area contributed by atoms with Gasteiger partial charge >= 0.3 is 0 Å². The summed E-state index contributed by atoms with van der Waals surface area (Å²) in [4.78, 5) is 15.9. The summed E-state index contributed by atoms with van der Waals surface area (Å²) in [5.41, 5.74) is 6.67. The number of halogens is 2. The Morgan fingerprint density at radius 2 is 1.56 bits per heavy atom. The van der Waals surface area contributed by atoms with Gasteiger partial charge in [-0.25, -0.2) is 0 Å². The van der Waals surface area contributed by atoms with E-state index in [4.69, 9.17) is 27.6 Å². The number of carbonyl (C=O) groups excluding carboxylic acids is 1. The summed E-state index contributed by atoms with van der Waals surface area (Å²) in [7, 11) is 0. The van der Waals surface area contributed by atoms with Gasteiger partial charge in [0.1, 0.15) is 0 Å². The molecule has 5 rings (SSSR count). The van der Waals surface area contributed by atoms with Crippen LogP contribution < -0.4 is 4.90 Å². The molecule has 2 aromatic heterocycles. The molecule has 0 bridgehead atoms. The Labute approximate surface area is 209 Å². The second-order valence-corrected chi connectivity index (χ2v) is 9.38. The topological polar surface area (TPSA) is 41.6 Å². The quantitative estimate of drug-likeness (QED) is 0.288. The summed E-state index contributed by atoms with van der Waals surface area (Å²) < 4.78 is 7.56. The first-order valence-electron chi connectivity index (χ1n) is 11.3. The molecule has 0 atom stereocenters. The fourth-order valence-electron chi connectivity index (χ4n) is 4.63. The highest BCUT2D eigenvalue weighted by molar-refractivity contribution is 6.30. The number of nitrogens with zero attached hydrogens (tertiary/aromatic N) is 3. The van der Waals surface area contributed by atoms with Crippen LogP contribution in [0, 0.1) is 6.92 Å². The fraction of sp³-hybridized carbons (Fsp3) is 0.222. The van der Waals surface area contributed by atoms with Gasteiger partial charge in [-0.3, -0.25) is 9.69 Å². The van der Waals surface area contributed by atoms with E-state index in [0.717, 1.165) is 71.7 Å². The molecule has 2 aromatic carbocycles. The normalized spacial score (nSPS) is 14.5. The van der Waals surface area contributed by atoms with E-state index in [1.165, 1.54) is 11.3 Å². The van der Waals surface area contributed by atoms with Crippen molar-refractivity contribution in [3.63, 3.8) is 0 Å². The molecular formula is C27H25Cl2N3O2. The minimum atomic E-state index is 0.400. The maximum atomic E-state index is 11.2. The SMILES string of the molecule is Cc1c(CN2CCN(c3ccoc3C=O)CC2)cc(-c2ccc(Cl)cc2)n1-c1ccc(Cl)cc1. The second-order valence-electron chi connectivity index (χ2n) is 8.51. The third kappa shape index (κ3) is 4.51. The molecule has 0 saturated carbocycles. The standard InChI is InChI=1S/C27H25Cl2N3O2/c1-19-21(17-30-11-13-31(14-12-30)25-10-15-34-27(25)18-33)16-26(20-2-4-22(28)5-3-20)32(19)24-8-6-23(29)7-9-24/h2-10,15-16,18H,11-14,17H2,1H3. The summed E-state index contributed by atoms with van der Waals surface area (Å²) in [6.45, 7) is 6.54. The van der Waals surface area contributed by atoms with Gasteiger partial charge in [-0.15, -0.1) is 0 Å². The number of piperazine rings is 1. The molecule has 4 aromatic rings. The van der Waals surface area contributed by atoms with Crippen LogP contribution in [-0.4, -0.2) is 41.9 Å². The number of furan rings is 1. The van der Waals surface area contributed by atoms with Gasteiger partial charge in [-0.1, -0.05) is 35.3 Å². The Morgan fingerprint density at radius 3 is 2.21 bits per heavy atom. The van der Waals surface area contributed by atoms with Gasteiger partial charge in [0.05, 0.1) is 17.6 Å². The molecule has 1 saturated heterocycles. The van der Waals surface area contributed by atoms with Gasteiger partial charge < -0.3 is 13.9 Å². The lowest BCUT2D eigenvalue weighted by Crippen LogP contribution is -2.46. The lowest BCUT2D eigenvalue weighted by Gasteiger charge is -2.35. The van der Waals surface area contributed by atoms with E-state index in [-0.39, 0.29) is 0 Å². The molecule has 174 valence electrons. The van der Waals surface area contributed by atoms with Gasteiger partial charge in [-0.2, -0.15) is 0 Å². The van der Waals surface area contributed by atoms with Crippen molar-refractivity contribution in [1.82, 2.24) is 9.47 Å². The number of aldehydes is 1. The lowest BCUT2D eigenvalue weighted by atomic mass is 10.1. The minimum absolute atomic E-state index is 0.400. The van der Waals surface area contributed by atoms with Crippen LogP contribution in [0.2, 0.25) is 10.0 Å². The highest BCUT2D eigenvalue weighted by Crippen LogP contribution is 2.32. The zero-order valence-electron chi connectivity index (χ0n) is 18.9. The molecule has 3 heterocycles. The van der Waals surface area contributed by atoms with Crippen molar-refractivity contribution in [3.8, 4) is 16.9 Å². The number of hydrogen-bond acceptors (Lipinski definition) is 4. The van der Waals surface area contributed by atoms with Crippen molar-refractivity contribution < 1.29 is 9.21 Å². The summed E-state index contributed by atoms with van der Waals surface area (Å²) in [6.07, 6.45) is 2.36. The van der Waals surface area contributed by atoms with Crippen LogP contribution in [0.3, 0.4) is 0 Å². The Hall–Kier alpha value is -2.99. The first-order valence-corrected chi connectivity index (χ1v) is 12.0. The Kier molecular flexibility index (Phi) is 6.50. The predicted molar refractivity (Wildman–Crippen MR) is 138 cm³/mol. The van der Waals surface area contributed by atoms with Crippen molar-refractivity contribution in [2.24, 2.45) is 0 Å². The second kappa shape index (κ2) is 9.71. The van der Waals surface area contributed by atoms with E-state index < -0.39 is 0 Å². The zero-order valence-corrected chi connectivity index (χ0v) is 20.4. The molecule has 7 heteroatoms. The number of aromatic nitrogens is 1. The van der Waals surface area contributed by atoms with E-state index in [2.05, 4.69) is 39.5 Å². The van der Waals surface area contributed by atoms with Crippen LogP contribution >= 0.6 is 23.2 Å². The van der Waals surface area contributed by atoms with E-state index in [1.54, 1.807) is 6.26 Å². The molecule has 34 heavy (non-hydrogen) atoms. The van der Waals surface area contributed by atoms with Gasteiger partial charge in [0.25, 0.3) is 0 Å². The summed E-state index contributed by atoms with van der Waals surface area (Å²) in [6, 6.07) is 20.0. The van der Waals surface area contributed by atoms with Crippen molar-refractivity contribution >= 4 is 35.2 Å². The first-order chi connectivity index (χ1) is 16.5. The number of carbonyl (C=O) groups is 1. The number of anilines is 1. The Morgan fingerprint density at radius 1 is 0.912 bits per heavy atom. The van der Waals surface area contributed by atoms with Crippen LogP contribution in [-0.2, 0) is 6.54 Å². The lowest BCUT2D eigenvalue weighted by molar-refractivity contribution is 0.110. The monoisotopic (exact) mass is 493 g/mol. The molecule has 0 unspecified atom stereocenters. The minimum Gasteiger partial charge on any atom is -0.459 e. The third-order valence-corrected chi connectivity index (χ3v) is 6.97. The molecule has 0 N–H and O–H groups in total. The van der Waals surface area contributed by atoms with E-state index in [9.17, 15) is 4.79 Å². The molecule has 0 radical (unpaired) electrons. The maximum absolute atomic E-state index is 11.2. The molecule has 1 fully saturated rings. The molecule has 0 aliphatic carbocycles. The maximum Gasteiger partial charge on any atom is 0.189 e. The highest BCUT2D eigenvalue weighted by Gasteiger charge is 2.23. The number of hydrogen-bond donors (Lipinski definition) is 0. The summed E-state index contributed by atoms with van der Waals surface area (Å²) in [5.74, 6) is 0.400. The van der Waals surface area contributed by atoms with E-state index in [0.29, 0.717) is 5.76 Å². The van der Waals surface area contributed by atoms with Crippen LogP contribution in [0.5, 0.6) is 0 Å². The summed E-state index contributed by atoms with van der Waals surface area (Å²) in [5, 5.41) is 1.44. The van der Waals surface area contributed by atoms with Crippen molar-refractivity contribution in [2.75, 3.05) is 31.1 Å². The van der Waals surface area contributed by atoms with Crippen molar-refractivity contribution in [2.45, 2.75) is 13.5 Å². The molecule has 1 aliphatic rings. The van der Waals surface area contributed by atoms with Gasteiger partial charge in [0, 0.05) is 60.2 Å². The zero-order chi connectivity index (χ0) is 23.7. The molecular weight excluding hydrogens is 469 g/mol. The number of benzene rings is 2. The average Bonchev–Trinajstić information content (AvgIpc) is 3.46. The number of rotatable bonds is 6. The highest BCUT2D eigenvalue weighted by atomic mass is 35.5. The third-order valence-electron chi connectivity index (χ3n) is 6.46. The van der Waals surface area contributed by atoms with Crippen LogP contribution in [0.15, 0.2) is 71.3 Å². The largest absolute Gasteiger partial charge is 0.459 e. The van der Waals surface area contributed by atoms with Gasteiger partial charge in [-0.05, 0) is 60.5 Å². The Bertz CT molecular complexity index is 1280. The van der Waals surface area contributed by atoms with Gasteiger partial charge in [0.2, 0.25) is 0 Å². The van der Waals surface area contributed by atoms with E-state index >= 15 is 0 Å². The molecule has 0 spiro atoms. The molecule has 5 nitrogen and oxygen atoms in total. The van der Waals surface area contributed by atoms with E-state index in [1.807, 2.05) is 42.5 Å². The average molecular weight is 494 g/mol. The van der Waals surface area contributed by atoms with Crippen molar-refractivity contribution in [1.29, 1.82) is 0 Å². The smallest absolute Gasteiger partial charge is 0.189 e. The molecule has 1 aliphatic heterocycles. The van der Waals surface area contributed by atoms with Crippen LogP contribution in [0.4, 0.5) is 5.69 Å². The predicted octanol–water partition coefficient (Wildman–Crippen LogP) is 6.49. The Balaban J connectivity index is 1.41. The van der Waals surface area contributed by atoms with Crippen LogP contribution in [0.25, 0.3) is 16.9 Å². The first kappa shape index (κ1) is 22.8. The van der Waals surface area contributed by atoms with Crippen molar-refractivity contribution in [3.05, 3.63) is 94.0 Å².